The third-order valence-corrected chi connectivity index (χ3v) is 5.54. The lowest BCUT2D eigenvalue weighted by Gasteiger charge is -2.35. The highest BCUT2D eigenvalue weighted by atomic mass is 16.5. The maximum absolute atomic E-state index is 5.46. The second-order valence-electron chi connectivity index (χ2n) is 7.24. The Labute approximate surface area is 161 Å². The lowest BCUT2D eigenvalue weighted by atomic mass is 10.1. The van der Waals surface area contributed by atoms with Crippen LogP contribution in [0.4, 0.5) is 5.82 Å². The van der Waals surface area contributed by atoms with Gasteiger partial charge in [-0.2, -0.15) is 0 Å². The summed E-state index contributed by atoms with van der Waals surface area (Å²) in [5, 5.41) is 1.40. The monoisotopic (exact) mass is 364 g/mol. The van der Waals surface area contributed by atoms with Gasteiger partial charge in [0.2, 0.25) is 0 Å². The molecular formula is C22H28N4O. The van der Waals surface area contributed by atoms with E-state index in [0.29, 0.717) is 0 Å². The molecule has 0 radical (unpaired) electrons. The second kappa shape index (κ2) is 8.01. The molecule has 1 aliphatic heterocycles. The Balaban J connectivity index is 1.30. The van der Waals surface area contributed by atoms with Crippen molar-refractivity contribution in [1.82, 2.24) is 14.5 Å². The molecule has 27 heavy (non-hydrogen) atoms. The molecule has 5 nitrogen and oxygen atoms in total. The van der Waals surface area contributed by atoms with Gasteiger partial charge in [0, 0.05) is 56.5 Å². The standard InChI is InChI=1S/C22H28N4O/c1-24-17-18(19-8-3-4-9-20(19)24)7-6-12-25-13-15-26(16-14-25)22-21(27-2)10-5-11-23-22/h3-5,8-11,17H,6-7,12-16H2,1-2H3. The Kier molecular flexibility index (Phi) is 5.30. The van der Waals surface area contributed by atoms with Crippen LogP contribution in [0.25, 0.3) is 10.9 Å². The van der Waals surface area contributed by atoms with Crippen molar-refractivity contribution in [1.29, 1.82) is 0 Å². The summed E-state index contributed by atoms with van der Waals surface area (Å²) in [6.45, 7) is 5.31. The molecule has 0 spiro atoms. The second-order valence-corrected chi connectivity index (χ2v) is 7.24. The SMILES string of the molecule is COc1cccnc1N1CCN(CCCc2cn(C)c3ccccc23)CC1. The Morgan fingerprint density at radius 1 is 1.04 bits per heavy atom. The van der Waals surface area contributed by atoms with Gasteiger partial charge in [0.1, 0.15) is 0 Å². The number of hydrogen-bond acceptors (Lipinski definition) is 4. The minimum absolute atomic E-state index is 0.863. The van der Waals surface area contributed by atoms with Gasteiger partial charge in [-0.25, -0.2) is 4.98 Å². The van der Waals surface area contributed by atoms with E-state index in [1.807, 2.05) is 18.3 Å². The number of methoxy groups -OCH3 is 1. The number of aromatic nitrogens is 2. The first kappa shape index (κ1) is 17.9. The van der Waals surface area contributed by atoms with E-state index >= 15 is 0 Å². The molecular weight excluding hydrogens is 336 g/mol. The van der Waals surface area contributed by atoms with Crippen LogP contribution in [0.2, 0.25) is 0 Å². The zero-order valence-electron chi connectivity index (χ0n) is 16.3. The van der Waals surface area contributed by atoms with Gasteiger partial charge in [0.05, 0.1) is 7.11 Å². The van der Waals surface area contributed by atoms with E-state index in [9.17, 15) is 0 Å². The molecule has 0 N–H and O–H groups in total. The molecule has 1 aliphatic rings. The van der Waals surface area contributed by atoms with E-state index in [0.717, 1.165) is 50.7 Å². The number of fused-ring (bicyclic) bond motifs is 1. The molecule has 1 fully saturated rings. The lowest BCUT2D eigenvalue weighted by molar-refractivity contribution is 0.253. The van der Waals surface area contributed by atoms with Gasteiger partial charge in [-0.3, -0.25) is 4.90 Å². The van der Waals surface area contributed by atoms with E-state index < -0.39 is 0 Å². The number of benzene rings is 1. The highest BCUT2D eigenvalue weighted by Crippen LogP contribution is 2.26. The topological polar surface area (TPSA) is 33.5 Å². The van der Waals surface area contributed by atoms with Gasteiger partial charge in [-0.05, 0) is 43.1 Å². The summed E-state index contributed by atoms with van der Waals surface area (Å²) < 4.78 is 7.70. The third-order valence-electron chi connectivity index (χ3n) is 5.54. The van der Waals surface area contributed by atoms with Crippen molar-refractivity contribution < 1.29 is 4.74 Å². The average Bonchev–Trinajstić information content (AvgIpc) is 3.04. The average molecular weight is 364 g/mol. The maximum Gasteiger partial charge on any atom is 0.171 e. The van der Waals surface area contributed by atoms with Gasteiger partial charge in [-0.1, -0.05) is 18.2 Å². The van der Waals surface area contributed by atoms with Crippen molar-refractivity contribution in [3.8, 4) is 5.75 Å². The van der Waals surface area contributed by atoms with Crippen LogP contribution in [0.15, 0.2) is 48.8 Å². The summed E-state index contributed by atoms with van der Waals surface area (Å²) in [6.07, 6.45) is 6.46. The fraction of sp³-hybridized carbons (Fsp3) is 0.409. The van der Waals surface area contributed by atoms with Crippen LogP contribution in [0.1, 0.15) is 12.0 Å². The van der Waals surface area contributed by atoms with Crippen molar-refractivity contribution >= 4 is 16.7 Å². The molecule has 1 aromatic carbocycles. The zero-order chi connectivity index (χ0) is 18.6. The summed E-state index contributed by atoms with van der Waals surface area (Å²) in [6, 6.07) is 12.6. The van der Waals surface area contributed by atoms with Gasteiger partial charge in [-0.15, -0.1) is 0 Å². The number of pyridine rings is 1. The van der Waals surface area contributed by atoms with Crippen molar-refractivity contribution in [2.45, 2.75) is 12.8 Å². The number of aryl methyl sites for hydroxylation is 2. The molecule has 0 aliphatic carbocycles. The smallest absolute Gasteiger partial charge is 0.171 e. The van der Waals surface area contributed by atoms with E-state index in [-0.39, 0.29) is 0 Å². The molecule has 0 unspecified atom stereocenters. The molecule has 142 valence electrons. The summed E-state index contributed by atoms with van der Waals surface area (Å²) in [7, 11) is 3.85. The highest BCUT2D eigenvalue weighted by molar-refractivity contribution is 5.83. The van der Waals surface area contributed by atoms with Crippen LogP contribution in [0, 0.1) is 0 Å². The first-order valence-electron chi connectivity index (χ1n) is 9.75. The molecule has 3 aromatic rings. The van der Waals surface area contributed by atoms with E-state index in [2.05, 4.69) is 56.9 Å². The first-order valence-corrected chi connectivity index (χ1v) is 9.75. The predicted molar refractivity (Wildman–Crippen MR) is 111 cm³/mol. The summed E-state index contributed by atoms with van der Waals surface area (Å²) in [5.41, 5.74) is 2.79. The fourth-order valence-electron chi connectivity index (χ4n) is 4.08. The number of anilines is 1. The number of nitrogens with zero attached hydrogens (tertiary/aromatic N) is 4. The van der Waals surface area contributed by atoms with E-state index in [4.69, 9.17) is 4.74 Å². The predicted octanol–water partition coefficient (Wildman–Crippen LogP) is 3.34. The van der Waals surface area contributed by atoms with Crippen molar-refractivity contribution in [3.63, 3.8) is 0 Å². The Morgan fingerprint density at radius 2 is 1.85 bits per heavy atom. The first-order chi connectivity index (χ1) is 13.3. The number of ether oxygens (including phenoxy) is 1. The van der Waals surface area contributed by atoms with Crippen LogP contribution in [-0.4, -0.2) is 54.3 Å². The van der Waals surface area contributed by atoms with Gasteiger partial charge < -0.3 is 14.2 Å². The van der Waals surface area contributed by atoms with Gasteiger partial charge in [0.15, 0.2) is 11.6 Å². The minimum atomic E-state index is 0.863. The van der Waals surface area contributed by atoms with Crippen molar-refractivity contribution in [2.24, 2.45) is 7.05 Å². The summed E-state index contributed by atoms with van der Waals surface area (Å²) in [4.78, 5) is 9.41. The highest BCUT2D eigenvalue weighted by Gasteiger charge is 2.20. The Morgan fingerprint density at radius 3 is 2.67 bits per heavy atom. The Hall–Kier alpha value is -2.53. The van der Waals surface area contributed by atoms with Crippen molar-refractivity contribution in [3.05, 3.63) is 54.4 Å². The lowest BCUT2D eigenvalue weighted by Crippen LogP contribution is -2.47. The van der Waals surface area contributed by atoms with Crippen LogP contribution < -0.4 is 9.64 Å². The molecule has 3 heterocycles. The molecule has 4 rings (SSSR count). The third kappa shape index (κ3) is 3.78. The molecule has 2 aromatic heterocycles. The number of rotatable bonds is 6. The van der Waals surface area contributed by atoms with Crippen LogP contribution in [0.5, 0.6) is 5.75 Å². The zero-order valence-corrected chi connectivity index (χ0v) is 16.3. The fourth-order valence-corrected chi connectivity index (χ4v) is 4.08. The number of piperazine rings is 1. The van der Waals surface area contributed by atoms with E-state index in [1.165, 1.54) is 22.9 Å². The van der Waals surface area contributed by atoms with Gasteiger partial charge >= 0.3 is 0 Å². The van der Waals surface area contributed by atoms with Crippen LogP contribution >= 0.6 is 0 Å². The van der Waals surface area contributed by atoms with Crippen molar-refractivity contribution in [2.75, 3.05) is 44.7 Å². The summed E-state index contributed by atoms with van der Waals surface area (Å²) >= 11 is 0. The molecule has 0 bridgehead atoms. The number of para-hydroxylation sites is 1. The summed E-state index contributed by atoms with van der Waals surface area (Å²) in [5.74, 6) is 1.83. The normalized spacial score (nSPS) is 15.4. The van der Waals surface area contributed by atoms with Crippen LogP contribution in [-0.2, 0) is 13.5 Å². The largest absolute Gasteiger partial charge is 0.493 e. The van der Waals surface area contributed by atoms with E-state index in [1.54, 1.807) is 7.11 Å². The minimum Gasteiger partial charge on any atom is -0.493 e. The maximum atomic E-state index is 5.46. The number of hydrogen-bond donors (Lipinski definition) is 0. The molecule has 1 saturated heterocycles. The molecule has 0 saturated carbocycles. The van der Waals surface area contributed by atoms with Crippen LogP contribution in [0.3, 0.4) is 0 Å². The quantitative estimate of drug-likeness (QED) is 0.672. The molecule has 0 atom stereocenters. The molecule has 0 amide bonds. The molecule has 5 heteroatoms. The van der Waals surface area contributed by atoms with Gasteiger partial charge in [0.25, 0.3) is 0 Å². The Bertz CT molecular complexity index is 896.